The molecule has 0 radical (unpaired) electrons. The largest absolute Gasteiger partial charge is 0.504 e. The van der Waals surface area contributed by atoms with E-state index in [4.69, 9.17) is 14.5 Å². The lowest BCUT2D eigenvalue weighted by atomic mass is 10.1. The molecule has 0 amide bonds. The molecule has 0 unspecified atom stereocenters. The topological polar surface area (TPSA) is 103 Å². The fraction of sp³-hybridized carbons (Fsp3) is 0.375. The maximum Gasteiger partial charge on any atom is 0.286 e. The summed E-state index contributed by atoms with van der Waals surface area (Å²) in [5, 5.41) is 10.6. The van der Waals surface area contributed by atoms with Crippen molar-refractivity contribution >= 4 is 22.7 Å². The Balaban J connectivity index is 1.65. The molecule has 1 aliphatic rings. The SMILES string of the molecule is COc1cc2[nH]c(N(C)Cc3cccc(C4=NCCN4C(C)C)c3)nc(=O)c2c(O)c1OC. The second-order valence-electron chi connectivity index (χ2n) is 8.30. The molecular weight excluding hydrogens is 422 g/mol. The van der Waals surface area contributed by atoms with Crippen LogP contribution in [0.25, 0.3) is 10.9 Å². The van der Waals surface area contributed by atoms with Crippen molar-refractivity contribution in [2.75, 3.05) is 39.3 Å². The van der Waals surface area contributed by atoms with Crippen molar-refractivity contribution in [1.29, 1.82) is 0 Å². The van der Waals surface area contributed by atoms with Gasteiger partial charge in [-0.3, -0.25) is 9.79 Å². The molecule has 0 fully saturated rings. The summed E-state index contributed by atoms with van der Waals surface area (Å²) in [6.07, 6.45) is 0. The van der Waals surface area contributed by atoms with Crippen molar-refractivity contribution in [3.05, 3.63) is 51.8 Å². The first-order valence-corrected chi connectivity index (χ1v) is 10.8. The van der Waals surface area contributed by atoms with E-state index in [1.54, 1.807) is 6.07 Å². The minimum absolute atomic E-state index is 0.0554. The van der Waals surface area contributed by atoms with Crippen molar-refractivity contribution in [2.45, 2.75) is 26.4 Å². The first-order valence-electron chi connectivity index (χ1n) is 10.8. The number of fused-ring (bicyclic) bond motifs is 1. The highest BCUT2D eigenvalue weighted by molar-refractivity contribution is 6.00. The summed E-state index contributed by atoms with van der Waals surface area (Å²) < 4.78 is 10.5. The molecule has 2 aromatic carbocycles. The molecule has 0 saturated carbocycles. The lowest BCUT2D eigenvalue weighted by molar-refractivity contribution is 0.335. The molecule has 9 nitrogen and oxygen atoms in total. The number of benzene rings is 2. The highest BCUT2D eigenvalue weighted by atomic mass is 16.5. The van der Waals surface area contributed by atoms with Crippen molar-refractivity contribution in [3.8, 4) is 17.2 Å². The lowest BCUT2D eigenvalue weighted by Gasteiger charge is -2.25. The van der Waals surface area contributed by atoms with Gasteiger partial charge in [0, 0.05) is 37.8 Å². The van der Waals surface area contributed by atoms with E-state index in [1.807, 2.05) is 24.1 Å². The van der Waals surface area contributed by atoms with Crippen LogP contribution in [0.5, 0.6) is 17.2 Å². The molecule has 0 aliphatic carbocycles. The van der Waals surface area contributed by atoms with Gasteiger partial charge < -0.3 is 29.4 Å². The summed E-state index contributed by atoms with van der Waals surface area (Å²) in [5.74, 6) is 1.52. The van der Waals surface area contributed by atoms with Crippen LogP contribution in [0.4, 0.5) is 5.95 Å². The van der Waals surface area contributed by atoms with Crippen LogP contribution < -0.4 is 19.9 Å². The summed E-state index contributed by atoms with van der Waals surface area (Å²) in [6, 6.07) is 10.2. The van der Waals surface area contributed by atoms with Crippen LogP contribution in [0.2, 0.25) is 0 Å². The molecule has 4 rings (SSSR count). The lowest BCUT2D eigenvalue weighted by Crippen LogP contribution is -2.34. The molecule has 0 spiro atoms. The van der Waals surface area contributed by atoms with E-state index in [0.717, 1.165) is 30.1 Å². The first-order chi connectivity index (χ1) is 15.8. The Bertz CT molecular complexity index is 1270. The van der Waals surface area contributed by atoms with E-state index in [0.29, 0.717) is 29.8 Å². The van der Waals surface area contributed by atoms with Gasteiger partial charge in [0.05, 0.1) is 26.3 Å². The van der Waals surface area contributed by atoms with Gasteiger partial charge in [0.2, 0.25) is 11.7 Å². The predicted octanol–water partition coefficient (Wildman–Crippen LogP) is 2.75. The average Bonchev–Trinajstić information content (AvgIpc) is 3.29. The van der Waals surface area contributed by atoms with Gasteiger partial charge in [-0.25, -0.2) is 0 Å². The first kappa shape index (κ1) is 22.4. The van der Waals surface area contributed by atoms with Crippen LogP contribution in [-0.2, 0) is 6.54 Å². The van der Waals surface area contributed by atoms with Gasteiger partial charge >= 0.3 is 0 Å². The van der Waals surface area contributed by atoms with Crippen molar-refractivity contribution in [3.63, 3.8) is 0 Å². The van der Waals surface area contributed by atoms with Crippen LogP contribution >= 0.6 is 0 Å². The molecule has 2 N–H and O–H groups in total. The van der Waals surface area contributed by atoms with E-state index in [9.17, 15) is 9.90 Å². The molecule has 2 heterocycles. The van der Waals surface area contributed by atoms with Gasteiger partial charge in [0.25, 0.3) is 5.56 Å². The Kier molecular flexibility index (Phi) is 6.13. The summed E-state index contributed by atoms with van der Waals surface area (Å²) in [7, 11) is 4.72. The van der Waals surface area contributed by atoms with Crippen molar-refractivity contribution in [2.24, 2.45) is 4.99 Å². The zero-order chi connectivity index (χ0) is 23.7. The molecule has 0 bridgehead atoms. The number of aliphatic imine (C=N–C) groups is 1. The Morgan fingerprint density at radius 1 is 1.24 bits per heavy atom. The molecule has 33 heavy (non-hydrogen) atoms. The van der Waals surface area contributed by atoms with Gasteiger partial charge in [-0.1, -0.05) is 18.2 Å². The zero-order valence-electron chi connectivity index (χ0n) is 19.5. The van der Waals surface area contributed by atoms with Crippen molar-refractivity contribution < 1.29 is 14.6 Å². The number of methoxy groups -OCH3 is 2. The summed E-state index contributed by atoms with van der Waals surface area (Å²) in [6.45, 7) is 6.60. The number of aromatic hydroxyl groups is 1. The highest BCUT2D eigenvalue weighted by Crippen LogP contribution is 2.40. The number of rotatable bonds is 7. The van der Waals surface area contributed by atoms with E-state index >= 15 is 0 Å². The quantitative estimate of drug-likeness (QED) is 0.569. The third-order valence-electron chi connectivity index (χ3n) is 5.78. The molecule has 174 valence electrons. The van der Waals surface area contributed by atoms with E-state index in [-0.39, 0.29) is 16.9 Å². The van der Waals surface area contributed by atoms with Crippen LogP contribution in [0.3, 0.4) is 0 Å². The monoisotopic (exact) mass is 451 g/mol. The van der Waals surface area contributed by atoms with Gasteiger partial charge in [-0.15, -0.1) is 0 Å². The van der Waals surface area contributed by atoms with Crippen LogP contribution in [0.15, 0.2) is 40.1 Å². The summed E-state index contributed by atoms with van der Waals surface area (Å²) >= 11 is 0. The van der Waals surface area contributed by atoms with E-state index in [2.05, 4.69) is 40.8 Å². The molecule has 3 aromatic rings. The molecule has 9 heteroatoms. The Hall–Kier alpha value is -3.75. The molecule has 0 atom stereocenters. The average molecular weight is 452 g/mol. The van der Waals surface area contributed by atoms with Gasteiger partial charge in [-0.05, 0) is 25.5 Å². The number of aromatic amines is 1. The number of ether oxygens (including phenoxy) is 2. The van der Waals surface area contributed by atoms with Gasteiger partial charge in [0.1, 0.15) is 11.2 Å². The predicted molar refractivity (Wildman–Crippen MR) is 129 cm³/mol. The van der Waals surface area contributed by atoms with Gasteiger partial charge in [-0.2, -0.15) is 4.98 Å². The second kappa shape index (κ2) is 9.01. The third kappa shape index (κ3) is 4.18. The fourth-order valence-corrected chi connectivity index (χ4v) is 4.15. The number of H-pyrrole nitrogens is 1. The number of anilines is 1. The number of hydrogen-bond donors (Lipinski definition) is 2. The number of nitrogens with one attached hydrogen (secondary N) is 1. The van der Waals surface area contributed by atoms with Crippen LogP contribution in [0.1, 0.15) is 25.0 Å². The fourth-order valence-electron chi connectivity index (χ4n) is 4.15. The third-order valence-corrected chi connectivity index (χ3v) is 5.78. The minimum atomic E-state index is -0.550. The summed E-state index contributed by atoms with van der Waals surface area (Å²) in [4.78, 5) is 28.9. The van der Waals surface area contributed by atoms with Gasteiger partial charge in [0.15, 0.2) is 11.5 Å². The van der Waals surface area contributed by atoms with Crippen molar-refractivity contribution in [1.82, 2.24) is 14.9 Å². The smallest absolute Gasteiger partial charge is 0.286 e. The number of nitrogens with zero attached hydrogens (tertiary/aromatic N) is 4. The molecule has 1 aromatic heterocycles. The molecule has 0 saturated heterocycles. The summed E-state index contributed by atoms with van der Waals surface area (Å²) in [5.41, 5.74) is 2.00. The number of hydrogen-bond acceptors (Lipinski definition) is 8. The maximum absolute atomic E-state index is 12.7. The second-order valence-corrected chi connectivity index (χ2v) is 8.30. The standard InChI is InChI=1S/C24H29N5O4/c1-14(2)29-10-9-25-22(29)16-8-6-7-15(11-16)13-28(3)24-26-17-12-18(32-4)21(33-5)20(30)19(17)23(31)27-24/h6-8,11-12,14,30H,9-10,13H2,1-5H3,(H,26,27,31). The zero-order valence-corrected chi connectivity index (χ0v) is 19.5. The Morgan fingerprint density at radius 3 is 2.73 bits per heavy atom. The van der Waals surface area contributed by atoms with E-state index < -0.39 is 5.56 Å². The number of aromatic nitrogens is 2. The number of phenolic OH excluding ortho intramolecular Hbond substituents is 1. The normalized spacial score (nSPS) is 13.5. The maximum atomic E-state index is 12.7. The molecular formula is C24H29N5O4. The van der Waals surface area contributed by atoms with E-state index in [1.165, 1.54) is 14.2 Å². The highest BCUT2D eigenvalue weighted by Gasteiger charge is 2.22. The van der Waals surface area contributed by atoms with Crippen LogP contribution in [0, 0.1) is 0 Å². The van der Waals surface area contributed by atoms with Crippen LogP contribution in [-0.4, -0.2) is 66.2 Å². The number of phenols is 1. The molecule has 1 aliphatic heterocycles. The minimum Gasteiger partial charge on any atom is -0.504 e. The Labute approximate surface area is 192 Å². The Morgan fingerprint density at radius 2 is 2.03 bits per heavy atom. The number of amidine groups is 1.